The molecule has 0 saturated carbocycles. The Kier molecular flexibility index (Phi) is 8.86. The summed E-state index contributed by atoms with van der Waals surface area (Å²) in [6.45, 7) is 5.92. The molecule has 4 aromatic rings. The van der Waals surface area contributed by atoms with E-state index in [-0.39, 0.29) is 23.7 Å². The molecule has 10 nitrogen and oxygen atoms in total. The molecule has 1 atom stereocenters. The van der Waals surface area contributed by atoms with Crippen LogP contribution >= 0.6 is 0 Å². The molecule has 1 heterocycles. The third kappa shape index (κ3) is 7.16. The van der Waals surface area contributed by atoms with Crippen molar-refractivity contribution in [1.29, 1.82) is 5.26 Å². The topological polar surface area (TPSA) is 146 Å². The van der Waals surface area contributed by atoms with Gasteiger partial charge in [0.05, 0.1) is 28.6 Å². The van der Waals surface area contributed by atoms with Gasteiger partial charge in [0, 0.05) is 18.5 Å². The summed E-state index contributed by atoms with van der Waals surface area (Å²) in [5.74, 6) is -0.930. The zero-order valence-electron chi connectivity index (χ0n) is 23.1. The number of hydrogen-bond donors (Lipinski definition) is 3. The van der Waals surface area contributed by atoms with Crippen LogP contribution in [-0.2, 0) is 21.4 Å². The van der Waals surface area contributed by atoms with Crippen molar-refractivity contribution in [3.8, 4) is 6.07 Å². The lowest BCUT2D eigenvalue weighted by atomic mass is 9.86. The number of nitrogens with one attached hydrogen (secondary N) is 3. The molecular weight excluding hydrogens is 540 g/mol. The summed E-state index contributed by atoms with van der Waals surface area (Å²) >= 11 is 0. The van der Waals surface area contributed by atoms with Crippen LogP contribution in [0.2, 0.25) is 0 Å². The molecule has 0 aliphatic carbocycles. The van der Waals surface area contributed by atoms with Crippen molar-refractivity contribution in [1.82, 2.24) is 25.1 Å². The maximum atomic E-state index is 13.5. The zero-order valence-corrected chi connectivity index (χ0v) is 23.9. The second kappa shape index (κ2) is 12.3. The van der Waals surface area contributed by atoms with Crippen LogP contribution in [0.4, 0.5) is 0 Å². The number of nitriles is 1. The highest BCUT2D eigenvalue weighted by molar-refractivity contribution is 7.89. The fourth-order valence-corrected chi connectivity index (χ4v) is 5.34. The summed E-state index contributed by atoms with van der Waals surface area (Å²) in [6.07, 6.45) is 0. The lowest BCUT2D eigenvalue weighted by Gasteiger charge is -2.30. The first kappa shape index (κ1) is 29.5. The van der Waals surface area contributed by atoms with Gasteiger partial charge in [0.15, 0.2) is 5.69 Å². The predicted molar refractivity (Wildman–Crippen MR) is 155 cm³/mol. The van der Waals surface area contributed by atoms with Gasteiger partial charge in [-0.15, -0.1) is 0 Å². The number of carbonyl (C=O) groups excluding carboxylic acids is 2. The first-order valence-electron chi connectivity index (χ1n) is 13.1. The molecule has 0 radical (unpaired) electrons. The van der Waals surface area contributed by atoms with E-state index in [4.69, 9.17) is 5.26 Å². The normalized spacial score (nSPS) is 12.4. The van der Waals surface area contributed by atoms with Gasteiger partial charge < -0.3 is 10.6 Å². The zero-order chi connectivity index (χ0) is 29.6. The maximum absolute atomic E-state index is 13.5. The second-order valence-corrected chi connectivity index (χ2v) is 12.4. The van der Waals surface area contributed by atoms with E-state index < -0.39 is 33.3 Å². The first-order chi connectivity index (χ1) is 19.5. The molecule has 11 heteroatoms. The number of benzene rings is 3. The van der Waals surface area contributed by atoms with Crippen LogP contribution in [0.25, 0.3) is 10.9 Å². The van der Waals surface area contributed by atoms with Gasteiger partial charge in [-0.05, 0) is 41.3 Å². The van der Waals surface area contributed by atoms with Crippen molar-refractivity contribution in [2.24, 2.45) is 5.41 Å². The molecule has 2 amide bonds. The van der Waals surface area contributed by atoms with Gasteiger partial charge in [-0.2, -0.15) is 10.4 Å². The Morgan fingerprint density at radius 1 is 0.951 bits per heavy atom. The molecular formula is C30H32N6O4S. The van der Waals surface area contributed by atoms with Crippen LogP contribution in [-0.4, -0.2) is 49.1 Å². The minimum Gasteiger partial charge on any atom is -0.353 e. The fourth-order valence-electron chi connectivity index (χ4n) is 4.31. The number of fused-ring (bicyclic) bond motifs is 1. The smallest absolute Gasteiger partial charge is 0.273 e. The monoisotopic (exact) mass is 572 g/mol. The molecule has 3 N–H and O–H groups in total. The van der Waals surface area contributed by atoms with Crippen LogP contribution < -0.4 is 15.4 Å². The summed E-state index contributed by atoms with van der Waals surface area (Å²) < 4.78 is 29.2. The van der Waals surface area contributed by atoms with Crippen molar-refractivity contribution < 1.29 is 18.0 Å². The first-order valence-corrected chi connectivity index (χ1v) is 14.6. The number of aromatic nitrogens is 2. The Hall–Kier alpha value is -4.53. The van der Waals surface area contributed by atoms with E-state index in [1.54, 1.807) is 4.68 Å². The molecule has 0 aliphatic rings. The number of sulfonamides is 1. The van der Waals surface area contributed by atoms with E-state index in [1.807, 2.05) is 81.4 Å². The molecule has 0 bridgehead atoms. The van der Waals surface area contributed by atoms with E-state index in [9.17, 15) is 18.0 Å². The quantitative estimate of drug-likeness (QED) is 0.249. The number of hydrogen-bond acceptors (Lipinski definition) is 6. The number of carbonyl (C=O) groups is 2. The molecule has 0 spiro atoms. The molecule has 41 heavy (non-hydrogen) atoms. The maximum Gasteiger partial charge on any atom is 0.273 e. The minimum atomic E-state index is -3.82. The third-order valence-electron chi connectivity index (χ3n) is 6.46. The van der Waals surface area contributed by atoms with Crippen molar-refractivity contribution in [2.75, 3.05) is 13.1 Å². The van der Waals surface area contributed by atoms with Gasteiger partial charge in [0.1, 0.15) is 6.04 Å². The number of para-hydroxylation sites is 1. The Morgan fingerprint density at radius 3 is 2.27 bits per heavy atom. The van der Waals surface area contributed by atoms with Gasteiger partial charge in [-0.1, -0.05) is 69.3 Å². The molecule has 3 aromatic carbocycles. The largest absolute Gasteiger partial charge is 0.353 e. The Balaban J connectivity index is 1.43. The number of nitrogens with zero attached hydrogens (tertiary/aromatic N) is 3. The van der Waals surface area contributed by atoms with Gasteiger partial charge in [0.25, 0.3) is 5.91 Å². The average Bonchev–Trinajstić information content (AvgIpc) is 3.32. The Morgan fingerprint density at radius 2 is 1.61 bits per heavy atom. The van der Waals surface area contributed by atoms with Crippen LogP contribution in [0.3, 0.4) is 0 Å². The van der Waals surface area contributed by atoms with Crippen LogP contribution in [0.5, 0.6) is 0 Å². The molecule has 4 rings (SSSR count). The van der Waals surface area contributed by atoms with Crippen molar-refractivity contribution >= 4 is 32.7 Å². The Labute approximate surface area is 239 Å². The Bertz CT molecular complexity index is 1690. The minimum absolute atomic E-state index is 0.00538. The lowest BCUT2D eigenvalue weighted by molar-refractivity contribution is -0.125. The SMILES string of the molecule is CC(C)(C)C(NC(=O)c1nn(Cc2ccccc2)c2ccccc12)C(=O)NCCNS(=O)(=O)c1ccc(C#N)cc1. The molecule has 1 unspecified atom stereocenters. The highest BCUT2D eigenvalue weighted by Gasteiger charge is 2.34. The highest BCUT2D eigenvalue weighted by atomic mass is 32.2. The van der Waals surface area contributed by atoms with Crippen molar-refractivity contribution in [2.45, 2.75) is 38.3 Å². The van der Waals surface area contributed by atoms with Crippen LogP contribution in [0, 0.1) is 16.7 Å². The van der Waals surface area contributed by atoms with Gasteiger partial charge in [0.2, 0.25) is 15.9 Å². The van der Waals surface area contributed by atoms with Crippen molar-refractivity contribution in [3.05, 3.63) is 95.7 Å². The van der Waals surface area contributed by atoms with E-state index in [1.165, 1.54) is 24.3 Å². The van der Waals surface area contributed by atoms with E-state index in [0.29, 0.717) is 17.5 Å². The molecule has 212 valence electrons. The molecule has 0 saturated heterocycles. The number of rotatable bonds is 10. The standard InChI is InChI=1S/C30H32N6O4S/c1-30(2,3)27(29(38)32-17-18-33-41(39,40)23-15-13-21(19-31)14-16-23)34-28(37)26-24-11-7-8-12-25(24)36(35-26)20-22-9-5-4-6-10-22/h4-16,27,33H,17-18,20H2,1-3H3,(H,32,38)(H,34,37). The third-order valence-corrected chi connectivity index (χ3v) is 7.94. The molecule has 0 aliphatic heterocycles. The summed E-state index contributed by atoms with van der Waals surface area (Å²) in [5, 5.41) is 19.7. The lowest BCUT2D eigenvalue weighted by Crippen LogP contribution is -2.54. The summed E-state index contributed by atoms with van der Waals surface area (Å²) in [5.41, 5.74) is 1.75. The van der Waals surface area contributed by atoms with E-state index >= 15 is 0 Å². The van der Waals surface area contributed by atoms with Crippen LogP contribution in [0.15, 0.2) is 83.8 Å². The fraction of sp³-hybridized carbons (Fsp3) is 0.267. The molecule has 1 aromatic heterocycles. The number of amides is 2. The highest BCUT2D eigenvalue weighted by Crippen LogP contribution is 2.23. The van der Waals surface area contributed by atoms with Crippen molar-refractivity contribution in [3.63, 3.8) is 0 Å². The summed E-state index contributed by atoms with van der Waals surface area (Å²) in [7, 11) is -3.82. The molecule has 0 fully saturated rings. The van der Waals surface area contributed by atoms with E-state index in [2.05, 4.69) is 20.5 Å². The van der Waals surface area contributed by atoms with E-state index in [0.717, 1.165) is 11.1 Å². The summed E-state index contributed by atoms with van der Waals surface area (Å²) in [6, 6.07) is 23.8. The average molecular weight is 573 g/mol. The van der Waals surface area contributed by atoms with Gasteiger partial charge in [-0.25, -0.2) is 13.1 Å². The van der Waals surface area contributed by atoms with Gasteiger partial charge >= 0.3 is 0 Å². The second-order valence-electron chi connectivity index (χ2n) is 10.6. The van der Waals surface area contributed by atoms with Gasteiger partial charge in [-0.3, -0.25) is 14.3 Å². The van der Waals surface area contributed by atoms with Crippen LogP contribution in [0.1, 0.15) is 42.4 Å². The summed E-state index contributed by atoms with van der Waals surface area (Å²) in [4.78, 5) is 26.7. The predicted octanol–water partition coefficient (Wildman–Crippen LogP) is 3.20.